The molecule has 1 saturated carbocycles. The van der Waals surface area contributed by atoms with E-state index in [0.717, 1.165) is 25.7 Å². The summed E-state index contributed by atoms with van der Waals surface area (Å²) in [5.41, 5.74) is 0.120. The smallest absolute Gasteiger partial charge is 0.322 e. The summed E-state index contributed by atoms with van der Waals surface area (Å²) < 4.78 is 0. The van der Waals surface area contributed by atoms with E-state index >= 15 is 0 Å². The van der Waals surface area contributed by atoms with Crippen LogP contribution >= 0.6 is 0 Å². The molecule has 2 amide bonds. The lowest BCUT2D eigenvalue weighted by molar-refractivity contribution is -0.384. The van der Waals surface area contributed by atoms with Crippen molar-refractivity contribution in [2.24, 2.45) is 0 Å². The van der Waals surface area contributed by atoms with Crippen LogP contribution in [-0.2, 0) is 0 Å². The van der Waals surface area contributed by atoms with Crippen molar-refractivity contribution in [2.45, 2.75) is 38.1 Å². The summed E-state index contributed by atoms with van der Waals surface area (Å²) in [6, 6.07) is 5.70. The van der Waals surface area contributed by atoms with Gasteiger partial charge in [0.2, 0.25) is 0 Å². The molecule has 0 bridgehead atoms. The van der Waals surface area contributed by atoms with Crippen LogP contribution in [0, 0.1) is 21.4 Å². The number of nitro groups is 1. The lowest BCUT2D eigenvalue weighted by Crippen LogP contribution is -2.44. The number of hydrogen-bond donors (Lipinski definition) is 1. The van der Waals surface area contributed by atoms with Crippen LogP contribution in [0.3, 0.4) is 0 Å². The first-order valence-corrected chi connectivity index (χ1v) is 7.25. The van der Waals surface area contributed by atoms with Crippen molar-refractivity contribution >= 4 is 17.4 Å². The number of carbonyl (C=O) groups is 1. The van der Waals surface area contributed by atoms with Gasteiger partial charge in [0, 0.05) is 19.2 Å². The number of nitro benzene ring substituents is 1. The number of nitriles is 1. The fraction of sp³-hybridized carbons (Fsp3) is 0.467. The average molecular weight is 302 g/mol. The Bertz CT molecular complexity index is 618. The van der Waals surface area contributed by atoms with Crippen molar-refractivity contribution in [1.82, 2.24) is 5.32 Å². The summed E-state index contributed by atoms with van der Waals surface area (Å²) in [5, 5.41) is 22.9. The van der Waals surface area contributed by atoms with Gasteiger partial charge in [0.1, 0.15) is 5.69 Å². The van der Waals surface area contributed by atoms with Crippen molar-refractivity contribution in [1.29, 1.82) is 5.26 Å². The first-order valence-electron chi connectivity index (χ1n) is 7.25. The Labute approximate surface area is 128 Å². The van der Waals surface area contributed by atoms with Gasteiger partial charge in [-0.05, 0) is 25.0 Å². The molecule has 1 N–H and O–H groups in total. The van der Waals surface area contributed by atoms with E-state index in [1.54, 1.807) is 0 Å². The molecule has 0 saturated heterocycles. The molecule has 0 unspecified atom stereocenters. The number of hydrogen-bond acceptors (Lipinski definition) is 4. The largest absolute Gasteiger partial charge is 0.335 e. The van der Waals surface area contributed by atoms with Crippen LogP contribution in [0.5, 0.6) is 0 Å². The van der Waals surface area contributed by atoms with Gasteiger partial charge < -0.3 is 5.32 Å². The molecule has 0 spiro atoms. The highest BCUT2D eigenvalue weighted by Gasteiger charge is 2.24. The lowest BCUT2D eigenvalue weighted by Gasteiger charge is -2.26. The fourth-order valence-corrected chi connectivity index (χ4v) is 2.65. The SMILES string of the molecule is CN(C(=O)NC1CCCCC1)c1ccc(C#N)cc1[N+](=O)[O-]. The molecule has 116 valence electrons. The summed E-state index contributed by atoms with van der Waals surface area (Å²) in [6.45, 7) is 0. The highest BCUT2D eigenvalue weighted by Crippen LogP contribution is 2.28. The predicted molar refractivity (Wildman–Crippen MR) is 81.6 cm³/mol. The van der Waals surface area contributed by atoms with E-state index in [-0.39, 0.29) is 29.0 Å². The Morgan fingerprint density at radius 3 is 2.68 bits per heavy atom. The van der Waals surface area contributed by atoms with Crippen molar-refractivity contribution in [3.05, 3.63) is 33.9 Å². The van der Waals surface area contributed by atoms with Crippen LogP contribution in [0.4, 0.5) is 16.2 Å². The van der Waals surface area contributed by atoms with Gasteiger partial charge in [-0.25, -0.2) is 4.79 Å². The van der Waals surface area contributed by atoms with Crippen molar-refractivity contribution in [3.63, 3.8) is 0 Å². The van der Waals surface area contributed by atoms with Crippen LogP contribution < -0.4 is 10.2 Å². The number of nitrogens with one attached hydrogen (secondary N) is 1. The molecule has 0 heterocycles. The molecule has 7 nitrogen and oxygen atoms in total. The first-order chi connectivity index (χ1) is 10.5. The van der Waals surface area contributed by atoms with E-state index in [9.17, 15) is 14.9 Å². The third kappa shape index (κ3) is 3.52. The molecule has 2 rings (SSSR count). The molecule has 1 aromatic rings. The van der Waals surface area contributed by atoms with Gasteiger partial charge in [-0.15, -0.1) is 0 Å². The second-order valence-corrected chi connectivity index (χ2v) is 5.42. The second-order valence-electron chi connectivity index (χ2n) is 5.42. The molecule has 0 aliphatic heterocycles. The molecule has 0 radical (unpaired) electrons. The minimum atomic E-state index is -0.583. The summed E-state index contributed by atoms with van der Waals surface area (Å²) in [4.78, 5) is 24.1. The highest BCUT2D eigenvalue weighted by atomic mass is 16.6. The van der Waals surface area contributed by atoms with Gasteiger partial charge >= 0.3 is 6.03 Å². The van der Waals surface area contributed by atoms with Crippen LogP contribution in [0.25, 0.3) is 0 Å². The molecule has 0 aromatic heterocycles. The average Bonchev–Trinajstić information content (AvgIpc) is 2.54. The third-order valence-electron chi connectivity index (χ3n) is 3.90. The van der Waals surface area contributed by atoms with Gasteiger partial charge in [0.05, 0.1) is 16.6 Å². The van der Waals surface area contributed by atoms with E-state index in [2.05, 4.69) is 5.32 Å². The molecule has 1 aliphatic rings. The fourth-order valence-electron chi connectivity index (χ4n) is 2.65. The maximum Gasteiger partial charge on any atom is 0.322 e. The summed E-state index contributed by atoms with van der Waals surface area (Å²) in [5.74, 6) is 0. The Hall–Kier alpha value is -2.62. The summed E-state index contributed by atoms with van der Waals surface area (Å²) in [6.07, 6.45) is 5.24. The lowest BCUT2D eigenvalue weighted by atomic mass is 9.96. The Kier molecular flexibility index (Phi) is 4.94. The molecule has 7 heteroatoms. The standard InChI is InChI=1S/C15H18N4O3/c1-18(15(20)17-12-5-3-2-4-6-12)13-8-7-11(10-16)9-14(13)19(21)22/h7-9,12H,2-6H2,1H3,(H,17,20). The molecule has 1 fully saturated rings. The zero-order chi connectivity index (χ0) is 16.1. The van der Waals surface area contributed by atoms with E-state index in [1.807, 2.05) is 6.07 Å². The topological polar surface area (TPSA) is 99.3 Å². The van der Waals surface area contributed by atoms with Crippen molar-refractivity contribution in [2.75, 3.05) is 11.9 Å². The maximum atomic E-state index is 12.3. The molecule has 1 aromatic carbocycles. The van der Waals surface area contributed by atoms with Gasteiger partial charge in [-0.2, -0.15) is 5.26 Å². The first kappa shape index (κ1) is 15.8. The van der Waals surface area contributed by atoms with Crippen LogP contribution in [0.1, 0.15) is 37.7 Å². The van der Waals surface area contributed by atoms with Crippen molar-refractivity contribution in [3.8, 4) is 6.07 Å². The van der Waals surface area contributed by atoms with E-state index in [4.69, 9.17) is 5.26 Å². The van der Waals surface area contributed by atoms with Gasteiger partial charge in [0.25, 0.3) is 5.69 Å². The quantitative estimate of drug-likeness (QED) is 0.685. The maximum absolute atomic E-state index is 12.3. The minimum absolute atomic E-state index is 0.126. The number of amides is 2. The third-order valence-corrected chi connectivity index (χ3v) is 3.90. The van der Waals surface area contributed by atoms with Crippen molar-refractivity contribution < 1.29 is 9.72 Å². The second kappa shape index (κ2) is 6.89. The van der Waals surface area contributed by atoms with Crippen LogP contribution in [0.2, 0.25) is 0 Å². The van der Waals surface area contributed by atoms with E-state index in [0.29, 0.717) is 0 Å². The Balaban J connectivity index is 2.17. The molecule has 0 atom stereocenters. The van der Waals surface area contributed by atoms with Gasteiger partial charge in [-0.1, -0.05) is 19.3 Å². The predicted octanol–water partition coefficient (Wildman–Crippen LogP) is 2.94. The zero-order valence-corrected chi connectivity index (χ0v) is 12.4. The van der Waals surface area contributed by atoms with Gasteiger partial charge in [-0.3, -0.25) is 15.0 Å². The summed E-state index contributed by atoms with van der Waals surface area (Å²) >= 11 is 0. The molecule has 1 aliphatic carbocycles. The number of benzene rings is 1. The van der Waals surface area contributed by atoms with E-state index < -0.39 is 4.92 Å². The van der Waals surface area contributed by atoms with Crippen LogP contribution in [-0.4, -0.2) is 24.0 Å². The minimum Gasteiger partial charge on any atom is -0.335 e. The van der Waals surface area contributed by atoms with Gasteiger partial charge in [0.15, 0.2) is 0 Å². The zero-order valence-electron chi connectivity index (χ0n) is 12.4. The molecular weight excluding hydrogens is 284 g/mol. The number of carbonyl (C=O) groups excluding carboxylic acids is 1. The monoisotopic (exact) mass is 302 g/mol. The van der Waals surface area contributed by atoms with Crippen LogP contribution in [0.15, 0.2) is 18.2 Å². The summed E-state index contributed by atoms with van der Waals surface area (Å²) in [7, 11) is 1.49. The molecule has 22 heavy (non-hydrogen) atoms. The molecular formula is C15H18N4O3. The Morgan fingerprint density at radius 1 is 1.41 bits per heavy atom. The van der Waals surface area contributed by atoms with E-state index in [1.165, 1.54) is 36.6 Å². The number of urea groups is 1. The number of rotatable bonds is 3. The Morgan fingerprint density at radius 2 is 2.09 bits per heavy atom. The highest BCUT2D eigenvalue weighted by molar-refractivity contribution is 5.94. The number of nitrogens with zero attached hydrogens (tertiary/aromatic N) is 3. The normalized spacial score (nSPS) is 14.9. The number of anilines is 1.